The lowest BCUT2D eigenvalue weighted by molar-refractivity contribution is 0.0608. The normalized spacial score (nSPS) is 18.1. The third-order valence-electron chi connectivity index (χ3n) is 7.24. The number of benzene rings is 2. The van der Waals surface area contributed by atoms with Crippen LogP contribution in [0.2, 0.25) is 0 Å². The fraction of sp³-hybridized carbons (Fsp3) is 0.500. The standard InChI is InChI=1S/C28H37N7O2/c1-2-3-18-34-27(36)23-9-4-8-22-25(11-10-24(26(22)23)28(34)37)35-20-21(31-32-35)19-33-16-6-14-29-12-5-13-30-15-7-17-33/h4,8-11,20,29-30H,2-3,5-7,12-19H2,1H3. The Kier molecular flexibility index (Phi) is 8.23. The number of hydrogen-bond acceptors (Lipinski definition) is 7. The molecule has 1 saturated heterocycles. The highest BCUT2D eigenvalue weighted by Gasteiger charge is 2.33. The molecule has 0 aliphatic carbocycles. The van der Waals surface area contributed by atoms with E-state index in [4.69, 9.17) is 0 Å². The van der Waals surface area contributed by atoms with Gasteiger partial charge in [0.15, 0.2) is 0 Å². The maximum absolute atomic E-state index is 13.2. The van der Waals surface area contributed by atoms with Crippen molar-refractivity contribution in [1.29, 1.82) is 0 Å². The fourth-order valence-corrected chi connectivity index (χ4v) is 5.28. The van der Waals surface area contributed by atoms with Crippen LogP contribution in [-0.2, 0) is 6.54 Å². The molecule has 196 valence electrons. The molecule has 9 heteroatoms. The second-order valence-electron chi connectivity index (χ2n) is 9.97. The summed E-state index contributed by atoms with van der Waals surface area (Å²) in [6.45, 7) is 9.44. The smallest absolute Gasteiger partial charge is 0.261 e. The summed E-state index contributed by atoms with van der Waals surface area (Å²) in [5, 5.41) is 17.5. The average molecular weight is 504 g/mol. The first-order chi connectivity index (χ1) is 18.2. The van der Waals surface area contributed by atoms with Crippen LogP contribution in [-0.4, -0.2) is 82.4 Å². The van der Waals surface area contributed by atoms with Gasteiger partial charge in [-0.05, 0) is 83.2 Å². The number of carbonyl (C=O) groups is 2. The zero-order valence-electron chi connectivity index (χ0n) is 21.7. The van der Waals surface area contributed by atoms with Crippen molar-refractivity contribution in [1.82, 2.24) is 35.4 Å². The molecule has 2 aromatic carbocycles. The molecule has 1 fully saturated rings. The molecule has 5 rings (SSSR count). The maximum Gasteiger partial charge on any atom is 0.261 e. The Bertz CT molecular complexity index is 1220. The van der Waals surface area contributed by atoms with Crippen molar-refractivity contribution in [2.75, 3.05) is 45.8 Å². The molecule has 37 heavy (non-hydrogen) atoms. The maximum atomic E-state index is 13.2. The van der Waals surface area contributed by atoms with Gasteiger partial charge < -0.3 is 10.6 Å². The van der Waals surface area contributed by atoms with Gasteiger partial charge in [-0.2, -0.15) is 0 Å². The van der Waals surface area contributed by atoms with E-state index in [2.05, 4.69) is 32.8 Å². The van der Waals surface area contributed by atoms with Crippen LogP contribution < -0.4 is 10.6 Å². The molecule has 1 aromatic heterocycles. The minimum absolute atomic E-state index is 0.215. The van der Waals surface area contributed by atoms with Crippen LogP contribution in [0, 0.1) is 0 Å². The van der Waals surface area contributed by atoms with Gasteiger partial charge in [-0.1, -0.05) is 30.7 Å². The van der Waals surface area contributed by atoms with Gasteiger partial charge in [-0.25, -0.2) is 4.68 Å². The summed E-state index contributed by atoms with van der Waals surface area (Å²) >= 11 is 0. The van der Waals surface area contributed by atoms with Crippen LogP contribution in [0.25, 0.3) is 16.5 Å². The summed E-state index contributed by atoms with van der Waals surface area (Å²) in [4.78, 5) is 30.2. The van der Waals surface area contributed by atoms with Crippen LogP contribution in [0.15, 0.2) is 36.5 Å². The molecule has 3 aromatic rings. The number of carbonyl (C=O) groups excluding carboxylic acids is 2. The van der Waals surface area contributed by atoms with Crippen molar-refractivity contribution in [3.8, 4) is 5.69 Å². The number of hydrogen-bond donors (Lipinski definition) is 2. The Balaban J connectivity index is 1.38. The molecule has 2 amide bonds. The summed E-state index contributed by atoms with van der Waals surface area (Å²) in [6, 6.07) is 9.40. The number of nitrogens with zero attached hydrogens (tertiary/aromatic N) is 5. The summed E-state index contributed by atoms with van der Waals surface area (Å²) in [6.07, 6.45) is 7.07. The Morgan fingerprint density at radius 2 is 1.59 bits per heavy atom. The summed E-state index contributed by atoms with van der Waals surface area (Å²) in [5.41, 5.74) is 2.88. The van der Waals surface area contributed by atoms with Crippen LogP contribution >= 0.6 is 0 Å². The Labute approximate surface area is 218 Å². The van der Waals surface area contributed by atoms with E-state index in [0.29, 0.717) is 23.1 Å². The number of amides is 2. The van der Waals surface area contributed by atoms with Crippen molar-refractivity contribution < 1.29 is 9.59 Å². The predicted octanol–water partition coefficient (Wildman–Crippen LogP) is 2.98. The Morgan fingerprint density at radius 3 is 2.32 bits per heavy atom. The van der Waals surface area contributed by atoms with Gasteiger partial charge in [0.2, 0.25) is 0 Å². The first kappa shape index (κ1) is 25.5. The van der Waals surface area contributed by atoms with Crippen molar-refractivity contribution in [3.05, 3.63) is 53.3 Å². The minimum atomic E-state index is -0.215. The number of nitrogens with one attached hydrogen (secondary N) is 2. The molecule has 0 spiro atoms. The quantitative estimate of drug-likeness (QED) is 0.500. The lowest BCUT2D eigenvalue weighted by Gasteiger charge is -2.27. The largest absolute Gasteiger partial charge is 0.317 e. The molecule has 0 bridgehead atoms. The molecule has 0 atom stereocenters. The van der Waals surface area contributed by atoms with E-state index < -0.39 is 0 Å². The van der Waals surface area contributed by atoms with E-state index in [1.54, 1.807) is 4.68 Å². The summed E-state index contributed by atoms with van der Waals surface area (Å²) in [7, 11) is 0. The second kappa shape index (κ2) is 11.9. The molecule has 0 unspecified atom stereocenters. The van der Waals surface area contributed by atoms with E-state index in [1.807, 2.05) is 36.5 Å². The number of aromatic nitrogens is 3. The Morgan fingerprint density at radius 1 is 0.892 bits per heavy atom. The third kappa shape index (κ3) is 5.58. The van der Waals surface area contributed by atoms with Crippen molar-refractivity contribution in [2.45, 2.75) is 45.6 Å². The summed E-state index contributed by atoms with van der Waals surface area (Å²) < 4.78 is 1.77. The molecule has 2 aliphatic heterocycles. The van der Waals surface area contributed by atoms with Crippen LogP contribution in [0.5, 0.6) is 0 Å². The van der Waals surface area contributed by atoms with Gasteiger partial charge >= 0.3 is 0 Å². The van der Waals surface area contributed by atoms with Gasteiger partial charge in [0.05, 0.1) is 17.6 Å². The van der Waals surface area contributed by atoms with Gasteiger partial charge in [0.1, 0.15) is 0 Å². The van der Waals surface area contributed by atoms with Gasteiger partial charge in [0.25, 0.3) is 11.8 Å². The highest BCUT2D eigenvalue weighted by molar-refractivity contribution is 6.26. The molecule has 2 aliphatic rings. The first-order valence-electron chi connectivity index (χ1n) is 13.6. The lowest BCUT2D eigenvalue weighted by Crippen LogP contribution is -2.40. The summed E-state index contributed by atoms with van der Waals surface area (Å²) in [5.74, 6) is -0.431. The third-order valence-corrected chi connectivity index (χ3v) is 7.24. The van der Waals surface area contributed by atoms with Gasteiger partial charge in [-0.15, -0.1) is 5.10 Å². The van der Waals surface area contributed by atoms with E-state index in [-0.39, 0.29) is 11.8 Å². The first-order valence-corrected chi connectivity index (χ1v) is 13.6. The number of unbranched alkanes of at least 4 members (excludes halogenated alkanes) is 1. The van der Waals surface area contributed by atoms with Crippen LogP contribution in [0.3, 0.4) is 0 Å². The number of rotatable bonds is 6. The molecular formula is C28H37N7O2. The number of imide groups is 1. The van der Waals surface area contributed by atoms with E-state index in [0.717, 1.165) is 88.3 Å². The zero-order valence-corrected chi connectivity index (χ0v) is 21.7. The topological polar surface area (TPSA) is 95.4 Å². The highest BCUT2D eigenvalue weighted by atomic mass is 16.2. The van der Waals surface area contributed by atoms with E-state index in [1.165, 1.54) is 11.3 Å². The molecule has 3 heterocycles. The molecule has 0 radical (unpaired) electrons. The van der Waals surface area contributed by atoms with Crippen molar-refractivity contribution in [2.24, 2.45) is 0 Å². The fourth-order valence-electron chi connectivity index (χ4n) is 5.28. The monoisotopic (exact) mass is 503 g/mol. The molecular weight excluding hydrogens is 466 g/mol. The lowest BCUT2D eigenvalue weighted by atomic mass is 9.93. The van der Waals surface area contributed by atoms with E-state index >= 15 is 0 Å². The van der Waals surface area contributed by atoms with Gasteiger partial charge in [0, 0.05) is 35.0 Å². The molecule has 0 saturated carbocycles. The van der Waals surface area contributed by atoms with E-state index in [9.17, 15) is 9.59 Å². The molecule has 2 N–H and O–H groups in total. The highest BCUT2D eigenvalue weighted by Crippen LogP contribution is 2.33. The van der Waals surface area contributed by atoms with Crippen molar-refractivity contribution >= 4 is 22.6 Å². The zero-order chi connectivity index (χ0) is 25.6. The predicted molar refractivity (Wildman–Crippen MR) is 144 cm³/mol. The van der Waals surface area contributed by atoms with Crippen LogP contribution in [0.4, 0.5) is 0 Å². The minimum Gasteiger partial charge on any atom is -0.317 e. The van der Waals surface area contributed by atoms with Crippen LogP contribution in [0.1, 0.15) is 65.4 Å². The SMILES string of the molecule is CCCCN1C(=O)c2cccc3c(-n4cc(CN5CCCNCCCNCCC5)nn4)ccc(c23)C1=O. The van der Waals surface area contributed by atoms with Gasteiger partial charge in [-0.3, -0.25) is 19.4 Å². The Hall–Kier alpha value is -3.14. The van der Waals surface area contributed by atoms with Crippen molar-refractivity contribution in [3.63, 3.8) is 0 Å². The molecule has 9 nitrogen and oxygen atoms in total. The average Bonchev–Trinajstić information content (AvgIpc) is 3.36. The second-order valence-corrected chi connectivity index (χ2v) is 9.97.